The van der Waals surface area contributed by atoms with Crippen molar-refractivity contribution in [2.24, 2.45) is 0 Å². The summed E-state index contributed by atoms with van der Waals surface area (Å²) in [5.74, 6) is 0.209. The molecule has 2 aromatic rings. The average Bonchev–Trinajstić information content (AvgIpc) is 2.43. The van der Waals surface area contributed by atoms with Gasteiger partial charge in [0.2, 0.25) is 5.91 Å². The van der Waals surface area contributed by atoms with E-state index < -0.39 is 0 Å². The van der Waals surface area contributed by atoms with Crippen LogP contribution >= 0.6 is 35.0 Å². The molecule has 3 nitrogen and oxygen atoms in total. The van der Waals surface area contributed by atoms with Gasteiger partial charge in [0.05, 0.1) is 16.5 Å². The van der Waals surface area contributed by atoms with Gasteiger partial charge in [0.15, 0.2) is 0 Å². The number of hydrogen-bond donors (Lipinski definition) is 2. The summed E-state index contributed by atoms with van der Waals surface area (Å²) in [5.41, 5.74) is 7.87. The largest absolute Gasteiger partial charge is 0.398 e. The number of carbonyl (C=O) groups is 1. The van der Waals surface area contributed by atoms with Crippen LogP contribution < -0.4 is 11.1 Å². The molecule has 0 bridgehead atoms. The molecule has 2 rings (SSSR count). The van der Waals surface area contributed by atoms with Gasteiger partial charge in [0, 0.05) is 15.6 Å². The van der Waals surface area contributed by atoms with Crippen LogP contribution in [-0.4, -0.2) is 11.7 Å². The third-order valence-electron chi connectivity index (χ3n) is 2.80. The lowest BCUT2D eigenvalue weighted by Gasteiger charge is -2.09. The van der Waals surface area contributed by atoms with E-state index in [0.29, 0.717) is 21.5 Å². The van der Waals surface area contributed by atoms with Crippen molar-refractivity contribution >= 4 is 52.2 Å². The summed E-state index contributed by atoms with van der Waals surface area (Å²) in [4.78, 5) is 12.9. The molecular formula is C15H14Cl2N2OS. The fraction of sp³-hybridized carbons (Fsp3) is 0.133. The second kappa shape index (κ2) is 7.07. The van der Waals surface area contributed by atoms with Crippen LogP contribution in [0.5, 0.6) is 0 Å². The zero-order valence-corrected chi connectivity index (χ0v) is 13.6. The lowest BCUT2D eigenvalue weighted by molar-refractivity contribution is -0.113. The van der Waals surface area contributed by atoms with E-state index in [2.05, 4.69) is 5.32 Å². The molecule has 0 aliphatic heterocycles. The van der Waals surface area contributed by atoms with Gasteiger partial charge in [-0.15, -0.1) is 11.8 Å². The standard InChI is InChI=1S/C15H14Cl2N2OS/c1-9-6-10(16)2-5-14(9)19-15(20)8-21-11-3-4-13(18)12(17)7-11/h2-7H,8,18H2,1H3,(H,19,20). The Morgan fingerprint density at radius 3 is 2.67 bits per heavy atom. The topological polar surface area (TPSA) is 55.1 Å². The normalized spacial score (nSPS) is 10.4. The van der Waals surface area contributed by atoms with E-state index in [-0.39, 0.29) is 5.91 Å². The number of benzene rings is 2. The number of carbonyl (C=O) groups excluding carboxylic acids is 1. The maximum Gasteiger partial charge on any atom is 0.234 e. The highest BCUT2D eigenvalue weighted by Crippen LogP contribution is 2.26. The highest BCUT2D eigenvalue weighted by Gasteiger charge is 2.07. The Balaban J connectivity index is 1.94. The van der Waals surface area contributed by atoms with Gasteiger partial charge in [-0.2, -0.15) is 0 Å². The number of nitrogen functional groups attached to an aromatic ring is 1. The molecule has 0 heterocycles. The van der Waals surface area contributed by atoms with Crippen molar-refractivity contribution in [3.63, 3.8) is 0 Å². The molecule has 0 unspecified atom stereocenters. The predicted molar refractivity (Wildman–Crippen MR) is 91.4 cm³/mol. The second-order valence-corrected chi connectivity index (χ2v) is 6.37. The van der Waals surface area contributed by atoms with Gasteiger partial charge in [-0.05, 0) is 48.9 Å². The lowest BCUT2D eigenvalue weighted by atomic mass is 10.2. The smallest absolute Gasteiger partial charge is 0.234 e. The minimum absolute atomic E-state index is 0.0848. The van der Waals surface area contributed by atoms with Crippen LogP contribution in [0.15, 0.2) is 41.3 Å². The van der Waals surface area contributed by atoms with E-state index in [1.54, 1.807) is 24.3 Å². The van der Waals surface area contributed by atoms with Gasteiger partial charge in [0.1, 0.15) is 0 Å². The number of thioether (sulfide) groups is 1. The molecule has 0 atom stereocenters. The minimum Gasteiger partial charge on any atom is -0.398 e. The Bertz CT molecular complexity index is 677. The molecule has 110 valence electrons. The molecule has 0 saturated heterocycles. The maximum absolute atomic E-state index is 12.0. The molecule has 0 aliphatic rings. The Hall–Kier alpha value is -1.36. The van der Waals surface area contributed by atoms with Crippen LogP contribution in [-0.2, 0) is 4.79 Å². The number of nitrogens with two attached hydrogens (primary N) is 1. The first-order valence-electron chi connectivity index (χ1n) is 6.19. The SMILES string of the molecule is Cc1cc(Cl)ccc1NC(=O)CSc1ccc(N)c(Cl)c1. The summed E-state index contributed by atoms with van der Waals surface area (Å²) >= 11 is 13.2. The molecule has 0 saturated carbocycles. The van der Waals surface area contributed by atoms with Gasteiger partial charge in [-0.3, -0.25) is 4.79 Å². The van der Waals surface area contributed by atoms with Gasteiger partial charge in [-0.25, -0.2) is 0 Å². The van der Waals surface area contributed by atoms with Crippen LogP contribution in [0.4, 0.5) is 11.4 Å². The van der Waals surface area contributed by atoms with Gasteiger partial charge < -0.3 is 11.1 Å². The predicted octanol–water partition coefficient (Wildman–Crippen LogP) is 4.61. The number of rotatable bonds is 4. The Labute approximate surface area is 137 Å². The Morgan fingerprint density at radius 1 is 1.24 bits per heavy atom. The number of halogens is 2. The number of hydrogen-bond acceptors (Lipinski definition) is 3. The Kier molecular flexibility index (Phi) is 5.39. The number of aryl methyl sites for hydroxylation is 1. The first kappa shape index (κ1) is 16.0. The summed E-state index contributed by atoms with van der Waals surface area (Å²) in [5, 5.41) is 4.00. The van der Waals surface area contributed by atoms with Crippen LogP contribution in [0.25, 0.3) is 0 Å². The first-order valence-corrected chi connectivity index (χ1v) is 7.93. The van der Waals surface area contributed by atoms with Gasteiger partial charge in [0.25, 0.3) is 0 Å². The molecule has 0 spiro atoms. The molecule has 0 aromatic heterocycles. The van der Waals surface area contributed by atoms with Crippen LogP contribution in [0, 0.1) is 6.92 Å². The third kappa shape index (κ3) is 4.56. The summed E-state index contributed by atoms with van der Waals surface area (Å²) in [6.07, 6.45) is 0. The van der Waals surface area contributed by atoms with Crippen LogP contribution in [0.2, 0.25) is 10.0 Å². The van der Waals surface area contributed by atoms with E-state index in [4.69, 9.17) is 28.9 Å². The van der Waals surface area contributed by atoms with Crippen LogP contribution in [0.1, 0.15) is 5.56 Å². The van der Waals surface area contributed by atoms with Crippen molar-refractivity contribution in [1.29, 1.82) is 0 Å². The van der Waals surface area contributed by atoms with Crippen LogP contribution in [0.3, 0.4) is 0 Å². The molecule has 21 heavy (non-hydrogen) atoms. The van der Waals surface area contributed by atoms with E-state index >= 15 is 0 Å². The summed E-state index contributed by atoms with van der Waals surface area (Å²) < 4.78 is 0. The van der Waals surface area contributed by atoms with Crippen molar-refractivity contribution in [2.45, 2.75) is 11.8 Å². The van der Waals surface area contributed by atoms with Crippen molar-refractivity contribution in [2.75, 3.05) is 16.8 Å². The minimum atomic E-state index is -0.0848. The lowest BCUT2D eigenvalue weighted by Crippen LogP contribution is -2.14. The summed E-state index contributed by atoms with van der Waals surface area (Å²) in [6.45, 7) is 1.90. The molecule has 2 aromatic carbocycles. The number of nitrogens with one attached hydrogen (secondary N) is 1. The zero-order chi connectivity index (χ0) is 15.4. The highest BCUT2D eigenvalue weighted by molar-refractivity contribution is 8.00. The van der Waals surface area contributed by atoms with Crippen molar-refractivity contribution < 1.29 is 4.79 Å². The molecule has 1 amide bonds. The molecule has 0 fully saturated rings. The molecule has 0 aliphatic carbocycles. The second-order valence-electron chi connectivity index (χ2n) is 4.48. The molecule has 0 radical (unpaired) electrons. The van der Waals surface area contributed by atoms with E-state index in [1.807, 2.05) is 19.1 Å². The Morgan fingerprint density at radius 2 is 2.00 bits per heavy atom. The molecule has 6 heteroatoms. The van der Waals surface area contributed by atoms with Crippen molar-refractivity contribution in [3.8, 4) is 0 Å². The van der Waals surface area contributed by atoms with E-state index in [9.17, 15) is 4.79 Å². The van der Waals surface area contributed by atoms with E-state index in [1.165, 1.54) is 11.8 Å². The fourth-order valence-corrected chi connectivity index (χ4v) is 2.91. The van der Waals surface area contributed by atoms with E-state index in [0.717, 1.165) is 16.1 Å². The molecule has 3 N–H and O–H groups in total. The summed E-state index contributed by atoms with van der Waals surface area (Å²) in [7, 11) is 0. The monoisotopic (exact) mass is 340 g/mol. The highest BCUT2D eigenvalue weighted by atomic mass is 35.5. The third-order valence-corrected chi connectivity index (χ3v) is 4.36. The maximum atomic E-state index is 12.0. The summed E-state index contributed by atoms with van der Waals surface area (Å²) in [6, 6.07) is 10.7. The van der Waals surface area contributed by atoms with Gasteiger partial charge >= 0.3 is 0 Å². The first-order chi connectivity index (χ1) is 9.95. The molecular weight excluding hydrogens is 327 g/mol. The van der Waals surface area contributed by atoms with Gasteiger partial charge in [-0.1, -0.05) is 23.2 Å². The average molecular weight is 341 g/mol. The number of amides is 1. The quantitative estimate of drug-likeness (QED) is 0.630. The van der Waals surface area contributed by atoms with Crippen molar-refractivity contribution in [1.82, 2.24) is 0 Å². The number of anilines is 2. The van der Waals surface area contributed by atoms with Crippen molar-refractivity contribution in [3.05, 3.63) is 52.0 Å². The zero-order valence-electron chi connectivity index (χ0n) is 11.3. The fourth-order valence-electron chi connectivity index (χ4n) is 1.70.